The van der Waals surface area contributed by atoms with Crippen LogP contribution in [0.25, 0.3) is 0 Å². The van der Waals surface area contributed by atoms with Crippen molar-refractivity contribution >= 4 is 11.9 Å². The molecule has 0 unspecified atom stereocenters. The van der Waals surface area contributed by atoms with Gasteiger partial charge in [0.05, 0.1) is 11.6 Å². The van der Waals surface area contributed by atoms with E-state index in [0.29, 0.717) is 26.1 Å². The van der Waals surface area contributed by atoms with Gasteiger partial charge in [0, 0.05) is 19.8 Å². The highest BCUT2D eigenvalue weighted by atomic mass is 16.5. The van der Waals surface area contributed by atoms with Gasteiger partial charge in [-0.15, -0.1) is 0 Å². The first-order valence-corrected chi connectivity index (χ1v) is 5.59. The average Bonchev–Trinajstić information content (AvgIpc) is 2.91. The summed E-state index contributed by atoms with van der Waals surface area (Å²) in [7, 11) is 0. The number of amides is 1. The Bertz CT molecular complexity index is 425. The van der Waals surface area contributed by atoms with Gasteiger partial charge in [-0.1, -0.05) is 0 Å². The molecule has 0 spiro atoms. The molecule has 1 aliphatic rings. The van der Waals surface area contributed by atoms with Crippen LogP contribution >= 0.6 is 0 Å². The predicted molar refractivity (Wildman–Crippen MR) is 58.8 cm³/mol. The number of nitrogens with one attached hydrogen (secondary N) is 2. The lowest BCUT2D eigenvalue weighted by atomic mass is 9.80. The fourth-order valence-electron chi connectivity index (χ4n) is 1.88. The van der Waals surface area contributed by atoms with Crippen molar-refractivity contribution in [2.45, 2.75) is 12.8 Å². The summed E-state index contributed by atoms with van der Waals surface area (Å²) in [6.45, 7) is 0.857. The number of carboxylic acids is 1. The molecule has 1 aliphatic heterocycles. The largest absolute Gasteiger partial charge is 0.481 e. The lowest BCUT2D eigenvalue weighted by molar-refractivity contribution is -0.154. The predicted octanol–water partition coefficient (Wildman–Crippen LogP) is -0.584. The molecule has 18 heavy (non-hydrogen) atoms. The zero-order valence-electron chi connectivity index (χ0n) is 9.68. The normalized spacial score (nSPS) is 18.2. The summed E-state index contributed by atoms with van der Waals surface area (Å²) in [4.78, 5) is 23.0. The van der Waals surface area contributed by atoms with Crippen LogP contribution in [0.15, 0.2) is 6.20 Å². The number of rotatable bonds is 4. The molecule has 0 aromatic carbocycles. The van der Waals surface area contributed by atoms with Gasteiger partial charge in [-0.05, 0) is 12.8 Å². The van der Waals surface area contributed by atoms with Gasteiger partial charge >= 0.3 is 5.97 Å². The van der Waals surface area contributed by atoms with Crippen molar-refractivity contribution in [3.05, 3.63) is 11.9 Å². The third kappa shape index (κ3) is 2.48. The second kappa shape index (κ2) is 5.13. The van der Waals surface area contributed by atoms with Crippen molar-refractivity contribution in [3.63, 3.8) is 0 Å². The molecule has 1 saturated heterocycles. The highest BCUT2D eigenvalue weighted by molar-refractivity contribution is 5.92. The number of H-pyrrole nitrogens is 1. The SMILES string of the molecule is O=C(NCC1(C(=O)O)CCOCC1)c1cn[nH]n1. The van der Waals surface area contributed by atoms with Gasteiger partial charge in [0.1, 0.15) is 0 Å². The van der Waals surface area contributed by atoms with E-state index in [-0.39, 0.29) is 12.2 Å². The third-order valence-corrected chi connectivity index (χ3v) is 3.14. The van der Waals surface area contributed by atoms with Gasteiger partial charge in [0.15, 0.2) is 5.69 Å². The number of aliphatic carboxylic acids is 1. The fourth-order valence-corrected chi connectivity index (χ4v) is 1.88. The molecule has 0 saturated carbocycles. The van der Waals surface area contributed by atoms with Gasteiger partial charge in [0.25, 0.3) is 5.91 Å². The summed E-state index contributed by atoms with van der Waals surface area (Å²) in [5, 5.41) is 21.3. The second-order valence-electron chi connectivity index (χ2n) is 4.24. The Hall–Kier alpha value is -1.96. The lowest BCUT2D eigenvalue weighted by Crippen LogP contribution is -2.46. The van der Waals surface area contributed by atoms with Crippen LogP contribution in [0.4, 0.5) is 0 Å². The molecule has 0 aliphatic carbocycles. The van der Waals surface area contributed by atoms with Crippen molar-refractivity contribution in [1.29, 1.82) is 0 Å². The molecule has 0 radical (unpaired) electrons. The number of nitrogens with zero attached hydrogens (tertiary/aromatic N) is 2. The Balaban J connectivity index is 1.98. The van der Waals surface area contributed by atoms with Crippen molar-refractivity contribution in [2.24, 2.45) is 5.41 Å². The fraction of sp³-hybridized carbons (Fsp3) is 0.600. The molecule has 2 heterocycles. The van der Waals surface area contributed by atoms with Crippen LogP contribution in [0.2, 0.25) is 0 Å². The summed E-state index contributed by atoms with van der Waals surface area (Å²) in [5.41, 5.74) is -0.805. The van der Waals surface area contributed by atoms with Crippen molar-refractivity contribution in [2.75, 3.05) is 19.8 Å². The molecular weight excluding hydrogens is 240 g/mol. The van der Waals surface area contributed by atoms with E-state index in [9.17, 15) is 14.7 Å². The van der Waals surface area contributed by atoms with Gasteiger partial charge in [-0.25, -0.2) is 0 Å². The highest BCUT2D eigenvalue weighted by Gasteiger charge is 2.40. The van der Waals surface area contributed by atoms with E-state index in [1.165, 1.54) is 6.20 Å². The number of aromatic nitrogens is 3. The number of hydrogen-bond donors (Lipinski definition) is 3. The summed E-state index contributed by atoms with van der Waals surface area (Å²) in [6, 6.07) is 0. The summed E-state index contributed by atoms with van der Waals surface area (Å²) < 4.78 is 5.15. The van der Waals surface area contributed by atoms with Crippen LogP contribution in [0, 0.1) is 5.41 Å². The summed E-state index contributed by atoms with van der Waals surface area (Å²) in [5.74, 6) is -1.35. The quantitative estimate of drug-likeness (QED) is 0.661. The molecule has 98 valence electrons. The van der Waals surface area contributed by atoms with Gasteiger partial charge in [-0.2, -0.15) is 15.4 Å². The molecule has 1 fully saturated rings. The average molecular weight is 254 g/mol. The number of aromatic amines is 1. The highest BCUT2D eigenvalue weighted by Crippen LogP contribution is 2.30. The van der Waals surface area contributed by atoms with Crippen LogP contribution in [-0.4, -0.2) is 52.2 Å². The molecular formula is C10H14N4O4. The van der Waals surface area contributed by atoms with Crippen LogP contribution in [-0.2, 0) is 9.53 Å². The smallest absolute Gasteiger partial charge is 0.311 e. The van der Waals surface area contributed by atoms with Crippen LogP contribution in [0.1, 0.15) is 23.3 Å². The number of carboxylic acid groups (broad SMARTS) is 1. The van der Waals surface area contributed by atoms with Crippen molar-refractivity contribution in [1.82, 2.24) is 20.7 Å². The van der Waals surface area contributed by atoms with E-state index in [2.05, 4.69) is 20.7 Å². The maximum Gasteiger partial charge on any atom is 0.311 e. The first-order chi connectivity index (χ1) is 8.64. The zero-order valence-corrected chi connectivity index (χ0v) is 9.68. The topological polar surface area (TPSA) is 117 Å². The third-order valence-electron chi connectivity index (χ3n) is 3.14. The lowest BCUT2D eigenvalue weighted by Gasteiger charge is -2.32. The minimum Gasteiger partial charge on any atom is -0.481 e. The Morgan fingerprint density at radius 3 is 2.78 bits per heavy atom. The molecule has 3 N–H and O–H groups in total. The Morgan fingerprint density at radius 2 is 2.22 bits per heavy atom. The first-order valence-electron chi connectivity index (χ1n) is 5.59. The number of ether oxygens (including phenoxy) is 1. The maximum atomic E-state index is 11.7. The number of carbonyl (C=O) groups excluding carboxylic acids is 1. The molecule has 0 atom stereocenters. The molecule has 1 amide bonds. The zero-order chi connectivity index (χ0) is 13.0. The van der Waals surface area contributed by atoms with E-state index >= 15 is 0 Å². The second-order valence-corrected chi connectivity index (χ2v) is 4.24. The van der Waals surface area contributed by atoms with Crippen molar-refractivity contribution in [3.8, 4) is 0 Å². The van der Waals surface area contributed by atoms with E-state index in [0.717, 1.165) is 0 Å². The monoisotopic (exact) mass is 254 g/mol. The van der Waals surface area contributed by atoms with E-state index in [4.69, 9.17) is 4.74 Å². The standard InChI is InChI=1S/C10H14N4O4/c15-8(7-5-12-14-13-7)11-6-10(9(16)17)1-3-18-4-2-10/h5H,1-4,6H2,(H,11,15)(H,16,17)(H,12,13,14). The van der Waals surface area contributed by atoms with E-state index in [1.807, 2.05) is 0 Å². The van der Waals surface area contributed by atoms with Crippen LogP contribution < -0.4 is 5.32 Å². The summed E-state index contributed by atoms with van der Waals surface area (Å²) >= 11 is 0. The van der Waals surface area contributed by atoms with Gasteiger partial charge < -0.3 is 15.2 Å². The Morgan fingerprint density at radius 1 is 1.50 bits per heavy atom. The summed E-state index contributed by atoms with van der Waals surface area (Å²) in [6.07, 6.45) is 2.07. The van der Waals surface area contributed by atoms with E-state index < -0.39 is 17.3 Å². The minimum absolute atomic E-state index is 0.0669. The van der Waals surface area contributed by atoms with Gasteiger partial charge in [-0.3, -0.25) is 9.59 Å². The number of carbonyl (C=O) groups is 2. The van der Waals surface area contributed by atoms with E-state index in [1.54, 1.807) is 0 Å². The molecule has 8 nitrogen and oxygen atoms in total. The molecule has 8 heteroatoms. The van der Waals surface area contributed by atoms with Crippen LogP contribution in [0.3, 0.4) is 0 Å². The molecule has 0 bridgehead atoms. The number of hydrogen-bond acceptors (Lipinski definition) is 5. The Labute approximate surface area is 103 Å². The van der Waals surface area contributed by atoms with Gasteiger partial charge in [0.2, 0.25) is 0 Å². The van der Waals surface area contributed by atoms with Crippen LogP contribution in [0.5, 0.6) is 0 Å². The van der Waals surface area contributed by atoms with Crippen molar-refractivity contribution < 1.29 is 19.4 Å². The molecule has 1 aromatic rings. The molecule has 2 rings (SSSR count). The maximum absolute atomic E-state index is 11.7. The molecule has 1 aromatic heterocycles. The Kier molecular flexibility index (Phi) is 3.56. The first kappa shape index (κ1) is 12.5. The minimum atomic E-state index is -0.947.